The number of methoxy groups -OCH3 is 1. The summed E-state index contributed by atoms with van der Waals surface area (Å²) in [4.78, 5) is 14.7. The number of hydrogen-bond acceptors (Lipinski definition) is 4. The first-order valence-corrected chi connectivity index (χ1v) is 8.45. The average molecular weight is 339 g/mol. The van der Waals surface area contributed by atoms with E-state index in [-0.39, 0.29) is 5.91 Å². The van der Waals surface area contributed by atoms with Gasteiger partial charge >= 0.3 is 0 Å². The number of halogens is 1. The van der Waals surface area contributed by atoms with Gasteiger partial charge in [-0.15, -0.1) is 0 Å². The standard InChI is InChI=1S/C17H25ClN3O2/c1-23-16-12-15(19)14(18)11-13(16)17(22)20-7-3-2-4-8-21-9-5-6-10-21/h5,11-12H,2-4,6-10,19H2,1H3,(H,20,22). The molecule has 0 saturated carbocycles. The number of ether oxygens (including phenoxy) is 1. The summed E-state index contributed by atoms with van der Waals surface area (Å²) >= 11 is 5.98. The number of likely N-dealkylation sites (tertiary alicyclic amines) is 1. The molecule has 0 atom stereocenters. The maximum atomic E-state index is 12.2. The summed E-state index contributed by atoms with van der Waals surface area (Å²) in [6, 6.07) is 3.12. The SMILES string of the molecule is COc1cc(N)c(Cl)cc1C(=O)NCCCCCN1C[CH]CC1. The Morgan fingerprint density at radius 1 is 1.39 bits per heavy atom. The molecule has 23 heavy (non-hydrogen) atoms. The Kier molecular flexibility index (Phi) is 6.99. The number of rotatable bonds is 8. The molecule has 1 heterocycles. The molecule has 0 aromatic heterocycles. The Morgan fingerprint density at radius 2 is 2.22 bits per heavy atom. The topological polar surface area (TPSA) is 67.6 Å². The Hall–Kier alpha value is -1.46. The van der Waals surface area contributed by atoms with E-state index >= 15 is 0 Å². The van der Waals surface area contributed by atoms with Gasteiger partial charge in [0.25, 0.3) is 5.91 Å². The van der Waals surface area contributed by atoms with Crippen molar-refractivity contribution in [2.75, 3.05) is 39.0 Å². The van der Waals surface area contributed by atoms with Crippen LogP contribution in [0.4, 0.5) is 5.69 Å². The molecule has 1 radical (unpaired) electrons. The van der Waals surface area contributed by atoms with Gasteiger partial charge in [-0.3, -0.25) is 4.79 Å². The number of nitrogen functional groups attached to an aromatic ring is 1. The van der Waals surface area contributed by atoms with Crippen LogP contribution in [0.25, 0.3) is 0 Å². The molecule has 1 aromatic carbocycles. The molecule has 6 heteroatoms. The maximum absolute atomic E-state index is 12.2. The van der Waals surface area contributed by atoms with Crippen molar-refractivity contribution >= 4 is 23.2 Å². The molecular formula is C17H25ClN3O2. The zero-order chi connectivity index (χ0) is 16.7. The largest absolute Gasteiger partial charge is 0.496 e. The van der Waals surface area contributed by atoms with Crippen LogP contribution in [-0.4, -0.2) is 44.1 Å². The second-order valence-electron chi connectivity index (χ2n) is 5.77. The van der Waals surface area contributed by atoms with Crippen LogP contribution in [0, 0.1) is 6.42 Å². The molecule has 1 aromatic rings. The molecule has 0 bridgehead atoms. The van der Waals surface area contributed by atoms with Crippen LogP contribution in [0.3, 0.4) is 0 Å². The van der Waals surface area contributed by atoms with Crippen molar-refractivity contribution in [1.29, 1.82) is 0 Å². The van der Waals surface area contributed by atoms with Crippen molar-refractivity contribution < 1.29 is 9.53 Å². The molecule has 127 valence electrons. The predicted octanol–water partition coefficient (Wildman–Crippen LogP) is 2.74. The number of nitrogens with zero attached hydrogens (tertiary/aromatic N) is 1. The van der Waals surface area contributed by atoms with Crippen LogP contribution >= 0.6 is 11.6 Å². The first-order chi connectivity index (χ1) is 11.1. The van der Waals surface area contributed by atoms with E-state index in [1.807, 2.05) is 0 Å². The molecule has 3 N–H and O–H groups in total. The van der Waals surface area contributed by atoms with Crippen molar-refractivity contribution in [2.24, 2.45) is 0 Å². The Balaban J connectivity index is 1.71. The highest BCUT2D eigenvalue weighted by Crippen LogP contribution is 2.28. The van der Waals surface area contributed by atoms with Gasteiger partial charge in [-0.2, -0.15) is 0 Å². The summed E-state index contributed by atoms with van der Waals surface area (Å²) < 4.78 is 5.20. The first kappa shape index (κ1) is 17.9. The lowest BCUT2D eigenvalue weighted by Crippen LogP contribution is -2.25. The van der Waals surface area contributed by atoms with Crippen LogP contribution in [0.2, 0.25) is 5.02 Å². The zero-order valence-corrected chi connectivity index (χ0v) is 14.4. The fourth-order valence-corrected chi connectivity index (χ4v) is 2.86. The number of benzene rings is 1. The Morgan fingerprint density at radius 3 is 2.91 bits per heavy atom. The minimum atomic E-state index is -0.183. The minimum absolute atomic E-state index is 0.183. The Bertz CT molecular complexity index is 531. The molecule has 1 aliphatic heterocycles. The monoisotopic (exact) mass is 338 g/mol. The van der Waals surface area contributed by atoms with Crippen molar-refractivity contribution in [1.82, 2.24) is 10.2 Å². The van der Waals surface area contributed by atoms with Crippen molar-refractivity contribution in [3.8, 4) is 5.75 Å². The lowest BCUT2D eigenvalue weighted by molar-refractivity contribution is 0.0950. The molecule has 1 saturated heterocycles. The number of anilines is 1. The van der Waals surface area contributed by atoms with Crippen LogP contribution in [0.15, 0.2) is 12.1 Å². The molecule has 1 aliphatic rings. The molecule has 1 fully saturated rings. The van der Waals surface area contributed by atoms with E-state index in [2.05, 4.69) is 16.6 Å². The van der Waals surface area contributed by atoms with Gasteiger partial charge in [-0.05, 0) is 44.8 Å². The quantitative estimate of drug-likeness (QED) is 0.565. The number of amides is 1. The van der Waals surface area contributed by atoms with Gasteiger partial charge in [-0.25, -0.2) is 0 Å². The van der Waals surface area contributed by atoms with Gasteiger partial charge in [0.05, 0.1) is 23.4 Å². The van der Waals surface area contributed by atoms with Gasteiger partial charge in [0.1, 0.15) is 5.75 Å². The predicted molar refractivity (Wildman–Crippen MR) is 94.0 cm³/mol. The number of hydrogen-bond donors (Lipinski definition) is 2. The Labute approximate surface area is 143 Å². The van der Waals surface area contributed by atoms with E-state index in [4.69, 9.17) is 22.1 Å². The van der Waals surface area contributed by atoms with Crippen molar-refractivity contribution in [2.45, 2.75) is 25.7 Å². The molecule has 5 nitrogen and oxygen atoms in total. The molecular weight excluding hydrogens is 314 g/mol. The summed E-state index contributed by atoms with van der Waals surface area (Å²) in [7, 11) is 1.51. The second-order valence-corrected chi connectivity index (χ2v) is 6.18. The van der Waals surface area contributed by atoms with E-state index in [1.165, 1.54) is 26.5 Å². The number of carbonyl (C=O) groups excluding carboxylic acids is 1. The van der Waals surface area contributed by atoms with Crippen LogP contribution in [0.1, 0.15) is 36.0 Å². The third-order valence-corrected chi connectivity index (χ3v) is 4.36. The van der Waals surface area contributed by atoms with Gasteiger partial charge in [0, 0.05) is 19.2 Å². The number of nitrogens with one attached hydrogen (secondary N) is 1. The molecule has 2 rings (SSSR count). The van der Waals surface area contributed by atoms with E-state index in [1.54, 1.807) is 12.1 Å². The lowest BCUT2D eigenvalue weighted by atomic mass is 10.1. The van der Waals surface area contributed by atoms with E-state index in [0.29, 0.717) is 28.6 Å². The summed E-state index contributed by atoms with van der Waals surface area (Å²) in [5.74, 6) is 0.257. The lowest BCUT2D eigenvalue weighted by Gasteiger charge is -2.14. The van der Waals surface area contributed by atoms with Crippen LogP contribution < -0.4 is 15.8 Å². The highest BCUT2D eigenvalue weighted by molar-refractivity contribution is 6.33. The molecule has 0 unspecified atom stereocenters. The summed E-state index contributed by atoms with van der Waals surface area (Å²) in [6.45, 7) is 4.10. The van der Waals surface area contributed by atoms with Gasteiger partial charge in [-0.1, -0.05) is 18.0 Å². The van der Waals surface area contributed by atoms with Crippen molar-refractivity contribution in [3.05, 3.63) is 29.1 Å². The highest BCUT2D eigenvalue weighted by atomic mass is 35.5. The maximum Gasteiger partial charge on any atom is 0.255 e. The zero-order valence-electron chi connectivity index (χ0n) is 13.6. The number of carbonyl (C=O) groups is 1. The fraction of sp³-hybridized carbons (Fsp3) is 0.529. The average Bonchev–Trinajstić information content (AvgIpc) is 3.06. The first-order valence-electron chi connectivity index (χ1n) is 8.07. The van der Waals surface area contributed by atoms with Crippen LogP contribution in [-0.2, 0) is 0 Å². The molecule has 0 aliphatic carbocycles. The summed E-state index contributed by atoms with van der Waals surface area (Å²) in [6.07, 6.45) is 6.78. The normalized spacial score (nSPS) is 14.9. The van der Waals surface area contributed by atoms with E-state index < -0.39 is 0 Å². The van der Waals surface area contributed by atoms with E-state index in [9.17, 15) is 4.79 Å². The van der Waals surface area contributed by atoms with Gasteiger partial charge < -0.3 is 20.7 Å². The van der Waals surface area contributed by atoms with Gasteiger partial charge in [0.2, 0.25) is 0 Å². The summed E-state index contributed by atoms with van der Waals surface area (Å²) in [5.41, 5.74) is 6.54. The third-order valence-electron chi connectivity index (χ3n) is 4.04. The molecule has 0 spiro atoms. The smallest absolute Gasteiger partial charge is 0.255 e. The van der Waals surface area contributed by atoms with Crippen molar-refractivity contribution in [3.63, 3.8) is 0 Å². The fourth-order valence-electron chi connectivity index (χ4n) is 2.69. The molecule has 1 amide bonds. The number of nitrogens with two attached hydrogens (primary N) is 1. The minimum Gasteiger partial charge on any atom is -0.496 e. The highest BCUT2D eigenvalue weighted by Gasteiger charge is 2.14. The third kappa shape index (κ3) is 5.29. The van der Waals surface area contributed by atoms with Crippen LogP contribution in [0.5, 0.6) is 5.75 Å². The van der Waals surface area contributed by atoms with E-state index in [0.717, 1.165) is 25.9 Å². The van der Waals surface area contributed by atoms with Gasteiger partial charge in [0.15, 0.2) is 0 Å². The summed E-state index contributed by atoms with van der Waals surface area (Å²) in [5, 5.41) is 3.27. The number of unbranched alkanes of at least 4 members (excludes halogenated alkanes) is 2. The second kappa shape index (κ2) is 8.99.